The van der Waals surface area contributed by atoms with Crippen LogP contribution in [0.15, 0.2) is 0 Å². The van der Waals surface area contributed by atoms with Crippen LogP contribution in [-0.2, 0) is 0 Å². The van der Waals surface area contributed by atoms with Crippen LogP contribution >= 0.6 is 0 Å². The molecule has 0 amide bonds. The van der Waals surface area contributed by atoms with Crippen LogP contribution in [0.3, 0.4) is 0 Å². The maximum Gasteiger partial charge on any atom is 0.391 e. The van der Waals surface area contributed by atoms with E-state index >= 15 is 0 Å². The fraction of sp³-hybridized carbons (Fsp3) is 1.00. The molecule has 0 saturated carbocycles. The second-order valence-corrected chi connectivity index (χ2v) is 25.4. The standard InChI is InChI=1S/2C6H14.2C5H9F3.4C5H10F2.2C5H11F.4C5H12/c1-5-6(2,3)4;1-4-5-6(2)3;2*1-3-4(2)5(6,7)8;2*1-3-4-5(2,6)7;1-3-5(6,7)4-2;1-3-4(2)5(6)7;1-3-5(2)4-6;1-3-4-5(2)6;3*1-4-5(2)3;1-3-5-4-2/h5H2,1-4H3;6H,4-5H2,1-3H3;2*4H,3H2,1-2H3;3*3-4H2,1-2H3;4-5H,3H2,1-2H3;2*5H,3-4H2,1-2H3;3*5H,4H2,1-3H3;3-5H2,1-2H3/i;;3D2;;;;;;;;;;;. The summed E-state index contributed by atoms with van der Waals surface area (Å²) in [5, 5.41) is 0. The van der Waals surface area contributed by atoms with E-state index in [0.29, 0.717) is 31.1 Å². The molecular formula is C72H156F16. The molecule has 88 heavy (non-hydrogen) atoms. The highest BCUT2D eigenvalue weighted by Crippen LogP contribution is 2.28. The van der Waals surface area contributed by atoms with E-state index in [4.69, 9.17) is 2.74 Å². The lowest BCUT2D eigenvalue weighted by atomic mass is 9.94. The van der Waals surface area contributed by atoms with Crippen molar-refractivity contribution >= 4 is 0 Å². The van der Waals surface area contributed by atoms with Gasteiger partial charge in [0.2, 0.25) is 24.2 Å². The van der Waals surface area contributed by atoms with Crippen LogP contribution < -0.4 is 0 Å². The minimum Gasteiger partial charge on any atom is -0.251 e. The summed E-state index contributed by atoms with van der Waals surface area (Å²) in [6.45, 7) is 63.4. The Balaban J connectivity index is -0.0000000578. The Morgan fingerprint density at radius 2 is 0.636 bits per heavy atom. The third kappa shape index (κ3) is 191. The topological polar surface area (TPSA) is 0 Å². The maximum atomic E-state index is 11.9. The van der Waals surface area contributed by atoms with Crippen LogP contribution in [-0.4, -0.2) is 49.4 Å². The highest BCUT2D eigenvalue weighted by molar-refractivity contribution is 4.60. The van der Waals surface area contributed by atoms with Gasteiger partial charge in [-0.3, -0.25) is 4.39 Å². The van der Waals surface area contributed by atoms with Gasteiger partial charge in [0.05, 0.1) is 24.7 Å². The molecule has 0 spiro atoms. The van der Waals surface area contributed by atoms with Gasteiger partial charge in [-0.2, -0.15) is 26.3 Å². The highest BCUT2D eigenvalue weighted by Gasteiger charge is 2.34. The Bertz CT molecular complexity index is 1150. The number of unbranched alkanes of at least 4 members (excludes halogenated alkanes) is 2. The predicted molar refractivity (Wildman–Crippen MR) is 364 cm³/mol. The van der Waals surface area contributed by atoms with Gasteiger partial charge in [-0.15, -0.1) is 0 Å². The summed E-state index contributed by atoms with van der Waals surface area (Å²) in [5.74, 6) is -6.98. The summed E-state index contributed by atoms with van der Waals surface area (Å²) in [6.07, 6.45) is 3.04. The van der Waals surface area contributed by atoms with E-state index in [1.165, 1.54) is 85.5 Å². The molecule has 0 N–H and O–H groups in total. The first-order valence-corrected chi connectivity index (χ1v) is 33.9. The normalized spacial score (nSPS) is 13.1. The van der Waals surface area contributed by atoms with Crippen molar-refractivity contribution in [3.8, 4) is 0 Å². The van der Waals surface area contributed by atoms with E-state index in [2.05, 4.69) is 125 Å². The van der Waals surface area contributed by atoms with Gasteiger partial charge in [0.15, 0.2) is 0 Å². The Labute approximate surface area is 543 Å². The molecule has 5 unspecified atom stereocenters. The Hall–Kier alpha value is -1.12. The van der Waals surface area contributed by atoms with Crippen molar-refractivity contribution in [2.75, 3.05) is 6.67 Å². The summed E-state index contributed by atoms with van der Waals surface area (Å²) in [7, 11) is 0. The average molecular weight is 1330 g/mol. The summed E-state index contributed by atoms with van der Waals surface area (Å²) in [5.41, 5.74) is 0.542. The quantitative estimate of drug-likeness (QED) is 0.101. The zero-order valence-corrected chi connectivity index (χ0v) is 64.2. The minimum absolute atomic E-state index is 0.00694. The Kier molecular flexibility index (Phi) is 106. The summed E-state index contributed by atoms with van der Waals surface area (Å²) >= 11 is 0. The number of halogens is 16. The van der Waals surface area contributed by atoms with Gasteiger partial charge in [-0.25, -0.2) is 39.5 Å². The van der Waals surface area contributed by atoms with Gasteiger partial charge < -0.3 is 0 Å². The molecule has 0 rings (SSSR count). The lowest BCUT2D eigenvalue weighted by Gasteiger charge is -2.12. The van der Waals surface area contributed by atoms with Crippen LogP contribution in [0, 0.1) is 52.8 Å². The molecule has 0 nitrogen and oxygen atoms in total. The van der Waals surface area contributed by atoms with Crippen LogP contribution in [0.2, 0.25) is 0 Å². The first-order chi connectivity index (χ1) is 40.2. The molecule has 0 heterocycles. The van der Waals surface area contributed by atoms with Gasteiger partial charge in [0.1, 0.15) is 0 Å². The van der Waals surface area contributed by atoms with Crippen molar-refractivity contribution in [2.45, 2.75) is 413 Å². The third-order valence-corrected chi connectivity index (χ3v) is 12.3. The SMILES string of the molecule is CCC(C)(C)C.CCC(C)C.CCC(C)C.CCC(C)C.CCC(C)C(F)(F)F.CCC(C)C(F)F.CCC(C)CF.CCC(F)(F)CC.CCCC(C)(F)F.CCCC(C)(F)F.CCCC(C)C.CCCC(C)F.CCCCC.[2H]C([2H])(C)C(C)C(F)(F)F. The Morgan fingerprint density at radius 3 is 0.636 bits per heavy atom. The number of hydrogen-bond donors (Lipinski definition) is 0. The van der Waals surface area contributed by atoms with Gasteiger partial charge >= 0.3 is 12.4 Å². The van der Waals surface area contributed by atoms with E-state index < -0.39 is 66.8 Å². The molecule has 0 aromatic carbocycles. The average Bonchev–Trinajstić information content (AvgIpc) is 3.51. The molecule has 0 radical (unpaired) electrons. The van der Waals surface area contributed by atoms with Crippen LogP contribution in [0.1, 0.15) is 373 Å². The largest absolute Gasteiger partial charge is 0.391 e. The van der Waals surface area contributed by atoms with E-state index in [0.717, 1.165) is 64.2 Å². The second-order valence-electron chi connectivity index (χ2n) is 25.4. The molecule has 0 aromatic heterocycles. The van der Waals surface area contributed by atoms with E-state index in [9.17, 15) is 70.2 Å². The Morgan fingerprint density at radius 1 is 0.352 bits per heavy atom. The predicted octanol–water partition coefficient (Wildman–Crippen LogP) is 32.2. The molecule has 0 saturated heterocycles. The van der Waals surface area contributed by atoms with E-state index in [-0.39, 0.29) is 44.7 Å². The number of rotatable bonds is 21. The van der Waals surface area contributed by atoms with Gasteiger partial charge in [0.25, 0.3) is 0 Å². The molecule has 0 bridgehead atoms. The van der Waals surface area contributed by atoms with Crippen LogP contribution in [0.5, 0.6) is 0 Å². The zero-order valence-electron chi connectivity index (χ0n) is 66.2. The number of alkyl halides is 16. The van der Waals surface area contributed by atoms with Crippen molar-refractivity contribution in [1.82, 2.24) is 0 Å². The molecule has 16 heteroatoms. The maximum absolute atomic E-state index is 11.9. The van der Waals surface area contributed by atoms with Crippen molar-refractivity contribution in [3.63, 3.8) is 0 Å². The lowest BCUT2D eigenvalue weighted by molar-refractivity contribution is -0.170. The van der Waals surface area contributed by atoms with Crippen LogP contribution in [0.4, 0.5) is 70.2 Å². The molecule has 0 aliphatic heterocycles. The monoisotopic (exact) mass is 1330 g/mol. The zero-order chi connectivity index (χ0) is 76.1. The summed E-state index contributed by atoms with van der Waals surface area (Å²) < 4.78 is 200. The molecule has 0 aliphatic carbocycles. The fourth-order valence-corrected chi connectivity index (χ4v) is 3.14. The smallest absolute Gasteiger partial charge is 0.251 e. The fourth-order valence-electron chi connectivity index (χ4n) is 3.14. The van der Waals surface area contributed by atoms with Crippen molar-refractivity contribution in [2.24, 2.45) is 52.8 Å². The molecule has 0 fully saturated rings. The van der Waals surface area contributed by atoms with Crippen molar-refractivity contribution in [3.05, 3.63) is 0 Å². The van der Waals surface area contributed by atoms with E-state index in [1.54, 1.807) is 34.6 Å². The summed E-state index contributed by atoms with van der Waals surface area (Å²) in [4.78, 5) is 0. The highest BCUT2D eigenvalue weighted by atomic mass is 19.4. The second kappa shape index (κ2) is 82.0. The molecule has 5 atom stereocenters. The molecule has 556 valence electrons. The van der Waals surface area contributed by atoms with Gasteiger partial charge in [-0.1, -0.05) is 298 Å². The summed E-state index contributed by atoms with van der Waals surface area (Å²) in [6, 6.07) is 0. The van der Waals surface area contributed by atoms with Crippen molar-refractivity contribution in [1.29, 1.82) is 0 Å². The van der Waals surface area contributed by atoms with E-state index in [1.807, 2.05) is 20.8 Å². The first kappa shape index (κ1) is 114. The molecule has 0 aliphatic rings. The van der Waals surface area contributed by atoms with Gasteiger partial charge in [0, 0.05) is 34.3 Å². The number of hydrogen-bond acceptors (Lipinski definition) is 0. The lowest BCUT2D eigenvalue weighted by Crippen LogP contribution is -2.18. The molecular weight excluding hydrogens is 1170 g/mol. The van der Waals surface area contributed by atoms with Crippen molar-refractivity contribution < 1.29 is 73.0 Å². The molecule has 0 aromatic rings. The first-order valence-electron chi connectivity index (χ1n) is 34.9. The third-order valence-electron chi connectivity index (χ3n) is 12.3. The van der Waals surface area contributed by atoms with Gasteiger partial charge in [-0.05, 0) is 81.4 Å². The van der Waals surface area contributed by atoms with Crippen LogP contribution in [0.25, 0.3) is 0 Å². The minimum atomic E-state index is -4.43.